The summed E-state index contributed by atoms with van der Waals surface area (Å²) in [5, 5.41) is 19.2. The monoisotopic (exact) mass is 423 g/mol. The number of aromatic carboxylic acids is 1. The van der Waals surface area contributed by atoms with Gasteiger partial charge in [0.2, 0.25) is 5.91 Å². The molecule has 1 unspecified atom stereocenters. The molecule has 0 spiro atoms. The molecule has 166 valence electrons. The van der Waals surface area contributed by atoms with Crippen LogP contribution in [0.3, 0.4) is 0 Å². The van der Waals surface area contributed by atoms with E-state index in [1.807, 2.05) is 45.9 Å². The van der Waals surface area contributed by atoms with Crippen LogP contribution in [0, 0.1) is 5.41 Å². The van der Waals surface area contributed by atoms with Crippen LogP contribution in [-0.2, 0) is 11.2 Å². The summed E-state index contributed by atoms with van der Waals surface area (Å²) in [6, 6.07) is 13.5. The fraction of sp³-hybridized carbons (Fsp3) is 0.440. The minimum atomic E-state index is -0.911. The van der Waals surface area contributed by atoms with Gasteiger partial charge in [-0.05, 0) is 81.0 Å². The van der Waals surface area contributed by atoms with Gasteiger partial charge in [0.25, 0.3) is 0 Å². The van der Waals surface area contributed by atoms with Gasteiger partial charge in [-0.15, -0.1) is 0 Å². The highest BCUT2D eigenvalue weighted by Gasteiger charge is 2.36. The predicted molar refractivity (Wildman–Crippen MR) is 125 cm³/mol. The van der Waals surface area contributed by atoms with E-state index in [4.69, 9.17) is 0 Å². The zero-order chi connectivity index (χ0) is 23.0. The van der Waals surface area contributed by atoms with Crippen LogP contribution < -0.4 is 16.0 Å². The Morgan fingerprint density at radius 3 is 2.52 bits per heavy atom. The fourth-order valence-corrected chi connectivity index (χ4v) is 4.15. The molecule has 0 saturated heterocycles. The summed E-state index contributed by atoms with van der Waals surface area (Å²) in [6.07, 6.45) is 0.765. The standard InChI is InChI=1S/C25H33N3O3/c1-15(2)26-23(31)25(5,6)28-19-9-7-8-16(13-19)21-24(3,4)14-18-12-17(22(29)30)10-11-20(18)27-21/h7-13,15,21,27-28H,14H2,1-6H3,(H,26,31)(H,29,30). The molecule has 4 N–H and O–H groups in total. The largest absolute Gasteiger partial charge is 0.478 e. The number of carboxylic acid groups (broad SMARTS) is 1. The summed E-state index contributed by atoms with van der Waals surface area (Å²) in [5.41, 5.74) is 3.40. The molecule has 0 aromatic heterocycles. The van der Waals surface area contributed by atoms with E-state index < -0.39 is 11.5 Å². The van der Waals surface area contributed by atoms with E-state index in [1.165, 1.54) is 0 Å². The summed E-state index contributed by atoms with van der Waals surface area (Å²) >= 11 is 0. The maximum Gasteiger partial charge on any atom is 0.335 e. The molecule has 0 saturated carbocycles. The predicted octanol–water partition coefficient (Wildman–Crippen LogP) is 4.84. The molecule has 31 heavy (non-hydrogen) atoms. The first-order valence-electron chi connectivity index (χ1n) is 10.7. The van der Waals surface area contributed by atoms with Gasteiger partial charge in [-0.2, -0.15) is 0 Å². The first kappa shape index (κ1) is 22.7. The number of carbonyl (C=O) groups excluding carboxylic acids is 1. The number of hydrogen-bond donors (Lipinski definition) is 4. The maximum atomic E-state index is 12.6. The Hall–Kier alpha value is -3.02. The first-order chi connectivity index (χ1) is 14.4. The number of rotatable bonds is 6. The van der Waals surface area contributed by atoms with E-state index in [0.717, 1.165) is 28.9 Å². The molecule has 1 atom stereocenters. The van der Waals surface area contributed by atoms with Crippen LogP contribution in [0.1, 0.15) is 69.1 Å². The Labute approximate surface area is 184 Å². The number of carboxylic acids is 1. The lowest BCUT2D eigenvalue weighted by Crippen LogP contribution is -2.50. The minimum Gasteiger partial charge on any atom is -0.478 e. The molecule has 1 aliphatic heterocycles. The fourth-order valence-electron chi connectivity index (χ4n) is 4.15. The normalized spacial score (nSPS) is 17.5. The smallest absolute Gasteiger partial charge is 0.335 e. The molecule has 0 radical (unpaired) electrons. The highest BCUT2D eigenvalue weighted by atomic mass is 16.4. The second-order valence-electron chi connectivity index (χ2n) is 9.92. The third-order valence-corrected chi connectivity index (χ3v) is 5.74. The van der Waals surface area contributed by atoms with Crippen molar-refractivity contribution in [2.45, 2.75) is 65.6 Å². The second-order valence-corrected chi connectivity index (χ2v) is 9.92. The molecule has 0 bridgehead atoms. The van der Waals surface area contributed by atoms with Crippen molar-refractivity contribution in [3.05, 3.63) is 59.2 Å². The highest BCUT2D eigenvalue weighted by molar-refractivity contribution is 5.89. The number of amides is 1. The molecule has 6 heteroatoms. The molecule has 2 aromatic rings. The molecule has 1 heterocycles. The summed E-state index contributed by atoms with van der Waals surface area (Å²) in [7, 11) is 0. The molecular weight excluding hydrogens is 390 g/mol. The number of fused-ring (bicyclic) bond motifs is 1. The van der Waals surface area contributed by atoms with E-state index in [9.17, 15) is 14.7 Å². The van der Waals surface area contributed by atoms with Crippen LogP contribution in [0.15, 0.2) is 42.5 Å². The maximum absolute atomic E-state index is 12.6. The van der Waals surface area contributed by atoms with Crippen LogP contribution in [0.25, 0.3) is 0 Å². The summed E-state index contributed by atoms with van der Waals surface area (Å²) in [4.78, 5) is 23.9. The molecule has 1 aliphatic rings. The van der Waals surface area contributed by atoms with Crippen molar-refractivity contribution in [1.82, 2.24) is 5.32 Å². The zero-order valence-electron chi connectivity index (χ0n) is 19.2. The van der Waals surface area contributed by atoms with Crippen molar-refractivity contribution in [3.63, 3.8) is 0 Å². The summed E-state index contributed by atoms with van der Waals surface area (Å²) in [5.74, 6) is -0.960. The molecule has 2 aromatic carbocycles. The van der Waals surface area contributed by atoms with E-state index in [-0.39, 0.29) is 23.4 Å². The Morgan fingerprint density at radius 1 is 1.16 bits per heavy atom. The third kappa shape index (κ3) is 5.01. The van der Waals surface area contributed by atoms with Crippen LogP contribution in [0.5, 0.6) is 0 Å². The van der Waals surface area contributed by atoms with E-state index in [1.54, 1.807) is 12.1 Å². The lowest BCUT2D eigenvalue weighted by atomic mass is 9.72. The van der Waals surface area contributed by atoms with E-state index >= 15 is 0 Å². The van der Waals surface area contributed by atoms with Gasteiger partial charge in [-0.25, -0.2) is 4.79 Å². The average molecular weight is 424 g/mol. The van der Waals surface area contributed by atoms with Gasteiger partial charge >= 0.3 is 5.97 Å². The second kappa shape index (κ2) is 8.25. The molecule has 0 fully saturated rings. The Morgan fingerprint density at radius 2 is 1.87 bits per heavy atom. The van der Waals surface area contributed by atoms with Gasteiger partial charge < -0.3 is 21.1 Å². The molecule has 1 amide bonds. The molecule has 3 rings (SSSR count). The number of anilines is 2. The SMILES string of the molecule is CC(C)NC(=O)C(C)(C)Nc1cccc(C2Nc3ccc(C(=O)O)cc3CC2(C)C)c1. The lowest BCUT2D eigenvalue weighted by Gasteiger charge is -2.41. The van der Waals surface area contributed by atoms with Gasteiger partial charge in [-0.1, -0.05) is 26.0 Å². The van der Waals surface area contributed by atoms with Gasteiger partial charge in [0.15, 0.2) is 0 Å². The van der Waals surface area contributed by atoms with Crippen molar-refractivity contribution in [2.75, 3.05) is 10.6 Å². The van der Waals surface area contributed by atoms with Crippen molar-refractivity contribution < 1.29 is 14.7 Å². The molecular formula is C25H33N3O3. The van der Waals surface area contributed by atoms with Crippen LogP contribution in [0.4, 0.5) is 11.4 Å². The van der Waals surface area contributed by atoms with E-state index in [0.29, 0.717) is 5.56 Å². The average Bonchev–Trinajstić information content (AvgIpc) is 2.65. The highest BCUT2D eigenvalue weighted by Crippen LogP contribution is 2.45. The minimum absolute atomic E-state index is 0.0463. The van der Waals surface area contributed by atoms with Crippen molar-refractivity contribution in [2.24, 2.45) is 5.41 Å². The Bertz CT molecular complexity index is 995. The molecule has 0 aliphatic carbocycles. The Balaban J connectivity index is 1.86. The van der Waals surface area contributed by atoms with Crippen molar-refractivity contribution in [3.8, 4) is 0 Å². The van der Waals surface area contributed by atoms with Gasteiger partial charge in [0, 0.05) is 17.4 Å². The number of hydrogen-bond acceptors (Lipinski definition) is 4. The zero-order valence-corrected chi connectivity index (χ0v) is 19.2. The summed E-state index contributed by atoms with van der Waals surface area (Å²) in [6.45, 7) is 12.0. The quantitative estimate of drug-likeness (QED) is 0.534. The third-order valence-electron chi connectivity index (χ3n) is 5.74. The molecule has 6 nitrogen and oxygen atoms in total. The van der Waals surface area contributed by atoms with E-state index in [2.05, 4.69) is 41.9 Å². The van der Waals surface area contributed by atoms with Crippen molar-refractivity contribution >= 4 is 23.3 Å². The van der Waals surface area contributed by atoms with Gasteiger partial charge in [0.05, 0.1) is 11.6 Å². The van der Waals surface area contributed by atoms with Crippen LogP contribution in [0.2, 0.25) is 0 Å². The summed E-state index contributed by atoms with van der Waals surface area (Å²) < 4.78 is 0. The van der Waals surface area contributed by atoms with Crippen LogP contribution >= 0.6 is 0 Å². The Kier molecular flexibility index (Phi) is 6.03. The van der Waals surface area contributed by atoms with Gasteiger partial charge in [0.1, 0.15) is 5.54 Å². The number of benzene rings is 2. The lowest BCUT2D eigenvalue weighted by molar-refractivity contribution is -0.125. The first-order valence-corrected chi connectivity index (χ1v) is 10.7. The number of nitrogens with one attached hydrogen (secondary N) is 3. The topological polar surface area (TPSA) is 90.5 Å². The number of carbonyl (C=O) groups is 2. The van der Waals surface area contributed by atoms with Crippen molar-refractivity contribution in [1.29, 1.82) is 0 Å². The van der Waals surface area contributed by atoms with Gasteiger partial charge in [-0.3, -0.25) is 4.79 Å². The van der Waals surface area contributed by atoms with Crippen LogP contribution in [-0.4, -0.2) is 28.6 Å².